The number of aromatic nitrogens is 3. The maximum absolute atomic E-state index is 13.7. The van der Waals surface area contributed by atoms with E-state index in [0.29, 0.717) is 11.4 Å². The Morgan fingerprint density at radius 2 is 2.21 bits per heavy atom. The van der Waals surface area contributed by atoms with Crippen molar-refractivity contribution in [2.75, 3.05) is 0 Å². The van der Waals surface area contributed by atoms with Crippen LogP contribution in [0.15, 0.2) is 29.6 Å². The van der Waals surface area contributed by atoms with E-state index in [9.17, 15) is 4.39 Å². The summed E-state index contributed by atoms with van der Waals surface area (Å²) in [6, 6.07) is 6.57. The molecular weight excluding hydrogens is 263 g/mol. The predicted octanol–water partition coefficient (Wildman–Crippen LogP) is 2.49. The molecule has 6 heteroatoms. The third-order valence-corrected chi connectivity index (χ3v) is 3.66. The van der Waals surface area contributed by atoms with Gasteiger partial charge < -0.3 is 5.73 Å². The van der Waals surface area contributed by atoms with Gasteiger partial charge in [0.05, 0.1) is 11.3 Å². The second-order valence-electron chi connectivity index (χ2n) is 4.52. The Kier molecular flexibility index (Phi) is 3.04. The third-order valence-electron chi connectivity index (χ3n) is 2.80. The van der Waals surface area contributed by atoms with Crippen molar-refractivity contribution in [1.82, 2.24) is 14.6 Å². The van der Waals surface area contributed by atoms with Crippen molar-refractivity contribution in [3.8, 4) is 11.4 Å². The minimum Gasteiger partial charge on any atom is -0.328 e. The van der Waals surface area contributed by atoms with Crippen molar-refractivity contribution < 1.29 is 4.39 Å². The molecule has 2 aromatic heterocycles. The van der Waals surface area contributed by atoms with Gasteiger partial charge in [-0.1, -0.05) is 12.1 Å². The summed E-state index contributed by atoms with van der Waals surface area (Å²) < 4.78 is 15.5. The number of nitrogens with zero attached hydrogens (tertiary/aromatic N) is 3. The van der Waals surface area contributed by atoms with E-state index >= 15 is 0 Å². The first-order chi connectivity index (χ1) is 9.15. The van der Waals surface area contributed by atoms with Gasteiger partial charge in [0.15, 0.2) is 5.82 Å². The average molecular weight is 276 g/mol. The van der Waals surface area contributed by atoms with E-state index in [0.717, 1.165) is 17.1 Å². The molecular formula is C13H13FN4S. The van der Waals surface area contributed by atoms with Gasteiger partial charge in [0.25, 0.3) is 0 Å². The first kappa shape index (κ1) is 12.3. The lowest BCUT2D eigenvalue weighted by atomic mass is 10.2. The van der Waals surface area contributed by atoms with Crippen LogP contribution in [0.2, 0.25) is 0 Å². The molecule has 1 atom stereocenters. The van der Waals surface area contributed by atoms with Crippen molar-refractivity contribution >= 4 is 16.3 Å². The Morgan fingerprint density at radius 1 is 1.42 bits per heavy atom. The Balaban J connectivity index is 2.07. The van der Waals surface area contributed by atoms with E-state index < -0.39 is 0 Å². The van der Waals surface area contributed by atoms with Gasteiger partial charge in [-0.2, -0.15) is 4.98 Å². The standard InChI is InChI=1S/C13H13FN4S/c1-8(15)6-9-7-19-13-16-12(17-18(9)13)10-4-2-3-5-11(10)14/h2-5,7-8H,6,15H2,1H3. The number of hydrogen-bond acceptors (Lipinski definition) is 4. The lowest BCUT2D eigenvalue weighted by Crippen LogP contribution is -2.18. The quantitative estimate of drug-likeness (QED) is 0.799. The molecule has 3 aromatic rings. The summed E-state index contributed by atoms with van der Waals surface area (Å²) in [5.41, 5.74) is 7.23. The SMILES string of the molecule is CC(N)Cc1csc2nc(-c3ccccc3F)nn12. The minimum atomic E-state index is -0.311. The summed E-state index contributed by atoms with van der Waals surface area (Å²) in [5, 5.41) is 6.37. The Bertz CT molecular complexity index is 716. The lowest BCUT2D eigenvalue weighted by molar-refractivity contribution is 0.629. The van der Waals surface area contributed by atoms with Gasteiger partial charge in [0, 0.05) is 17.8 Å². The molecule has 0 fully saturated rings. The normalized spacial score (nSPS) is 13.0. The minimum absolute atomic E-state index is 0.0545. The molecule has 0 amide bonds. The summed E-state index contributed by atoms with van der Waals surface area (Å²) >= 11 is 1.49. The zero-order chi connectivity index (χ0) is 13.4. The highest BCUT2D eigenvalue weighted by Gasteiger charge is 2.14. The molecule has 19 heavy (non-hydrogen) atoms. The number of thiazole rings is 1. The maximum atomic E-state index is 13.7. The average Bonchev–Trinajstić information content (AvgIpc) is 2.91. The summed E-state index contributed by atoms with van der Waals surface area (Å²) in [7, 11) is 0. The Morgan fingerprint density at radius 3 is 2.95 bits per heavy atom. The van der Waals surface area contributed by atoms with Crippen LogP contribution in [0.3, 0.4) is 0 Å². The van der Waals surface area contributed by atoms with Gasteiger partial charge in [0.2, 0.25) is 4.96 Å². The predicted molar refractivity (Wildman–Crippen MR) is 73.6 cm³/mol. The fourth-order valence-corrected chi connectivity index (χ4v) is 2.79. The van der Waals surface area contributed by atoms with Crippen molar-refractivity contribution in [1.29, 1.82) is 0 Å². The summed E-state index contributed by atoms with van der Waals surface area (Å²) in [6.07, 6.45) is 0.722. The van der Waals surface area contributed by atoms with Gasteiger partial charge in [-0.15, -0.1) is 16.4 Å². The molecule has 98 valence electrons. The number of benzene rings is 1. The van der Waals surface area contributed by atoms with E-state index in [1.807, 2.05) is 12.3 Å². The van der Waals surface area contributed by atoms with Gasteiger partial charge in [-0.3, -0.25) is 0 Å². The van der Waals surface area contributed by atoms with Crippen LogP contribution in [0.25, 0.3) is 16.3 Å². The third kappa shape index (κ3) is 2.24. The van der Waals surface area contributed by atoms with Gasteiger partial charge >= 0.3 is 0 Å². The first-order valence-electron chi connectivity index (χ1n) is 5.99. The van der Waals surface area contributed by atoms with E-state index in [-0.39, 0.29) is 11.9 Å². The second-order valence-corrected chi connectivity index (χ2v) is 5.35. The van der Waals surface area contributed by atoms with E-state index in [4.69, 9.17) is 5.73 Å². The topological polar surface area (TPSA) is 56.2 Å². The second kappa shape index (κ2) is 4.71. The fraction of sp³-hybridized carbons (Fsp3) is 0.231. The molecule has 0 saturated heterocycles. The molecule has 0 spiro atoms. The fourth-order valence-electron chi connectivity index (χ4n) is 1.95. The summed E-state index contributed by atoms with van der Waals surface area (Å²) in [5.74, 6) is 0.102. The van der Waals surface area contributed by atoms with Crippen molar-refractivity contribution in [2.45, 2.75) is 19.4 Å². The molecule has 0 bridgehead atoms. The Hall–Kier alpha value is -1.79. The maximum Gasteiger partial charge on any atom is 0.212 e. The number of nitrogens with two attached hydrogens (primary N) is 1. The first-order valence-corrected chi connectivity index (χ1v) is 6.87. The van der Waals surface area contributed by atoms with Gasteiger partial charge in [-0.05, 0) is 19.1 Å². The Labute approximate surface area is 113 Å². The molecule has 3 rings (SSSR count). The molecule has 1 aromatic carbocycles. The van der Waals surface area contributed by atoms with Crippen LogP contribution in [-0.2, 0) is 6.42 Å². The summed E-state index contributed by atoms with van der Waals surface area (Å²) in [4.78, 5) is 5.12. The lowest BCUT2D eigenvalue weighted by Gasteiger charge is -2.01. The zero-order valence-corrected chi connectivity index (χ0v) is 11.2. The molecule has 0 saturated carbocycles. The molecule has 1 unspecified atom stereocenters. The van der Waals surface area contributed by atoms with Crippen LogP contribution in [0.4, 0.5) is 4.39 Å². The highest BCUT2D eigenvalue weighted by molar-refractivity contribution is 7.15. The van der Waals surface area contributed by atoms with Gasteiger partial charge in [0.1, 0.15) is 5.82 Å². The van der Waals surface area contributed by atoms with Crippen molar-refractivity contribution in [2.24, 2.45) is 5.73 Å². The van der Waals surface area contributed by atoms with Crippen molar-refractivity contribution in [3.05, 3.63) is 41.2 Å². The highest BCUT2D eigenvalue weighted by Crippen LogP contribution is 2.23. The molecule has 2 heterocycles. The molecule has 0 radical (unpaired) electrons. The van der Waals surface area contributed by atoms with E-state index in [1.165, 1.54) is 17.4 Å². The van der Waals surface area contributed by atoms with Crippen LogP contribution in [-0.4, -0.2) is 20.6 Å². The van der Waals surface area contributed by atoms with Crippen molar-refractivity contribution in [3.63, 3.8) is 0 Å². The van der Waals surface area contributed by atoms with Crippen LogP contribution in [0.1, 0.15) is 12.6 Å². The van der Waals surface area contributed by atoms with Gasteiger partial charge in [-0.25, -0.2) is 8.91 Å². The highest BCUT2D eigenvalue weighted by atomic mass is 32.1. The molecule has 0 aliphatic rings. The van der Waals surface area contributed by atoms with Crippen LogP contribution in [0, 0.1) is 5.82 Å². The number of fused-ring (bicyclic) bond motifs is 1. The smallest absolute Gasteiger partial charge is 0.212 e. The summed E-state index contributed by atoms with van der Waals surface area (Å²) in [6.45, 7) is 1.94. The van der Waals surface area contributed by atoms with E-state index in [1.54, 1.807) is 22.7 Å². The number of halogens is 1. The number of rotatable bonds is 3. The number of hydrogen-bond donors (Lipinski definition) is 1. The molecule has 4 nitrogen and oxygen atoms in total. The molecule has 0 aliphatic carbocycles. The van der Waals surface area contributed by atoms with E-state index in [2.05, 4.69) is 10.1 Å². The monoisotopic (exact) mass is 276 g/mol. The molecule has 0 aliphatic heterocycles. The van der Waals surface area contributed by atoms with Crippen LogP contribution >= 0.6 is 11.3 Å². The molecule has 2 N–H and O–H groups in total. The van der Waals surface area contributed by atoms with Crippen LogP contribution < -0.4 is 5.73 Å². The van der Waals surface area contributed by atoms with Crippen LogP contribution in [0.5, 0.6) is 0 Å². The largest absolute Gasteiger partial charge is 0.328 e. The zero-order valence-electron chi connectivity index (χ0n) is 10.4.